The number of Topliss-reactive ketones (excluding diaryl/α,β-unsaturated/α-hetero) is 2. The Morgan fingerprint density at radius 3 is 2.62 bits per heavy atom. The highest BCUT2D eigenvalue weighted by atomic mass is 35.5. The smallest absolute Gasteiger partial charge is 0.343 e. The molecule has 2 aromatic rings. The fourth-order valence-corrected chi connectivity index (χ4v) is 3.05. The zero-order chi connectivity index (χ0) is 17.9. The van der Waals surface area contributed by atoms with E-state index in [0.29, 0.717) is 21.3 Å². The number of benzene rings is 1. The second-order valence-corrected chi connectivity index (χ2v) is 6.47. The minimum absolute atomic E-state index is 0.0619. The van der Waals surface area contributed by atoms with Crippen LogP contribution in [0.1, 0.15) is 27.9 Å². The molecule has 0 atom stereocenters. The first-order chi connectivity index (χ1) is 11.3. The number of rotatable bonds is 7. The van der Waals surface area contributed by atoms with Gasteiger partial charge in [-0.1, -0.05) is 11.6 Å². The predicted octanol–water partition coefficient (Wildman–Crippen LogP) is 3.27. The molecule has 1 aromatic carbocycles. The average molecular weight is 369 g/mol. The van der Waals surface area contributed by atoms with E-state index >= 15 is 0 Å². The molecule has 1 heterocycles. The molecular weight excluding hydrogens is 356 g/mol. The largest absolute Gasteiger partial charge is 0.496 e. The third-order valence-corrected chi connectivity index (χ3v) is 4.44. The number of methoxy groups -OCH3 is 1. The van der Waals surface area contributed by atoms with Gasteiger partial charge in [-0.3, -0.25) is 19.7 Å². The molecule has 0 radical (unpaired) electrons. The van der Waals surface area contributed by atoms with Crippen LogP contribution in [0, 0.1) is 10.1 Å². The first kappa shape index (κ1) is 18.0. The highest BCUT2D eigenvalue weighted by Gasteiger charge is 2.20. The van der Waals surface area contributed by atoms with Gasteiger partial charge in [0, 0.05) is 11.4 Å². The molecule has 7 nitrogen and oxygen atoms in total. The van der Waals surface area contributed by atoms with E-state index in [9.17, 15) is 19.7 Å². The summed E-state index contributed by atoms with van der Waals surface area (Å²) < 4.78 is 5.21. The van der Waals surface area contributed by atoms with Crippen molar-refractivity contribution in [3.63, 3.8) is 0 Å². The van der Waals surface area contributed by atoms with Gasteiger partial charge in [0.05, 0.1) is 24.0 Å². The number of halogens is 1. The van der Waals surface area contributed by atoms with Crippen molar-refractivity contribution in [3.8, 4) is 5.75 Å². The van der Waals surface area contributed by atoms with Crippen LogP contribution in [-0.4, -0.2) is 28.6 Å². The number of hydrogen-bond donors (Lipinski definition) is 0. The van der Waals surface area contributed by atoms with Crippen LogP contribution in [0.3, 0.4) is 0 Å². The zero-order valence-electron chi connectivity index (χ0n) is 12.9. The lowest BCUT2D eigenvalue weighted by Gasteiger charge is -2.11. The highest BCUT2D eigenvalue weighted by molar-refractivity contribution is 7.14. The molecule has 1 aromatic heterocycles. The van der Waals surface area contributed by atoms with E-state index in [1.807, 2.05) is 0 Å². The lowest BCUT2D eigenvalue weighted by Crippen LogP contribution is -2.07. The van der Waals surface area contributed by atoms with Crippen molar-refractivity contribution in [1.82, 2.24) is 4.98 Å². The SMILES string of the molecule is COc1cc(CC(C)=O)c(Cl)cc1C(=O)Cc1ncc([N+](=O)[O-])s1. The molecule has 0 unspecified atom stereocenters. The van der Waals surface area contributed by atoms with Crippen molar-refractivity contribution in [2.75, 3.05) is 7.11 Å². The Balaban J connectivity index is 2.29. The van der Waals surface area contributed by atoms with Crippen molar-refractivity contribution in [2.45, 2.75) is 19.8 Å². The van der Waals surface area contributed by atoms with Crippen LogP contribution >= 0.6 is 22.9 Å². The van der Waals surface area contributed by atoms with Crippen molar-refractivity contribution in [3.05, 3.63) is 49.6 Å². The summed E-state index contributed by atoms with van der Waals surface area (Å²) in [7, 11) is 1.41. The Kier molecular flexibility index (Phi) is 5.63. The van der Waals surface area contributed by atoms with E-state index in [4.69, 9.17) is 16.3 Å². The van der Waals surface area contributed by atoms with Crippen molar-refractivity contribution in [1.29, 1.82) is 0 Å². The minimum atomic E-state index is -0.556. The Bertz CT molecular complexity index is 818. The van der Waals surface area contributed by atoms with E-state index in [0.717, 1.165) is 17.5 Å². The topological polar surface area (TPSA) is 99.4 Å². The van der Waals surface area contributed by atoms with Crippen LogP contribution in [0.15, 0.2) is 18.3 Å². The number of hydrogen-bond acceptors (Lipinski definition) is 7. The van der Waals surface area contributed by atoms with Gasteiger partial charge in [0.1, 0.15) is 22.7 Å². The summed E-state index contributed by atoms with van der Waals surface area (Å²) in [5.74, 6) is -0.0906. The summed E-state index contributed by atoms with van der Waals surface area (Å²) in [4.78, 5) is 37.7. The molecule has 2 rings (SSSR count). The predicted molar refractivity (Wildman–Crippen MR) is 89.2 cm³/mol. The molecule has 0 amide bonds. The maximum atomic E-state index is 12.4. The van der Waals surface area contributed by atoms with Gasteiger partial charge in [0.15, 0.2) is 5.78 Å². The van der Waals surface area contributed by atoms with Crippen LogP contribution in [0.5, 0.6) is 5.75 Å². The third kappa shape index (κ3) is 4.15. The Labute approximate surface area is 146 Å². The monoisotopic (exact) mass is 368 g/mol. The molecule has 126 valence electrons. The molecule has 9 heteroatoms. The molecule has 0 N–H and O–H groups in total. The molecule has 0 saturated carbocycles. The van der Waals surface area contributed by atoms with Crippen LogP contribution in [0.2, 0.25) is 5.02 Å². The molecule has 0 aliphatic rings. The number of thiazole rings is 1. The van der Waals surface area contributed by atoms with E-state index in [-0.39, 0.29) is 35.0 Å². The molecule has 24 heavy (non-hydrogen) atoms. The van der Waals surface area contributed by atoms with Gasteiger partial charge in [0.25, 0.3) is 0 Å². The number of aromatic nitrogens is 1. The Morgan fingerprint density at radius 2 is 2.08 bits per heavy atom. The van der Waals surface area contributed by atoms with Gasteiger partial charge >= 0.3 is 5.00 Å². The van der Waals surface area contributed by atoms with Crippen molar-refractivity contribution in [2.24, 2.45) is 0 Å². The standard InChI is InChI=1S/C15H13ClN2O5S/c1-8(19)3-9-4-13(23-2)10(5-11(9)16)12(20)6-14-17-7-15(24-14)18(21)22/h4-5,7H,3,6H2,1-2H3. The number of carbonyl (C=O) groups excluding carboxylic acids is 2. The second kappa shape index (κ2) is 7.50. The second-order valence-electron chi connectivity index (χ2n) is 4.97. The maximum Gasteiger partial charge on any atom is 0.343 e. The number of carbonyl (C=O) groups is 2. The number of nitrogens with zero attached hydrogens (tertiary/aromatic N) is 2. The van der Waals surface area contributed by atoms with Gasteiger partial charge in [-0.15, -0.1) is 0 Å². The van der Waals surface area contributed by atoms with Gasteiger partial charge in [-0.25, -0.2) is 4.98 Å². The fraction of sp³-hybridized carbons (Fsp3) is 0.267. The molecule has 0 fully saturated rings. The number of nitro groups is 1. The number of ether oxygens (including phenoxy) is 1. The van der Waals surface area contributed by atoms with Gasteiger partial charge in [0.2, 0.25) is 0 Å². The van der Waals surface area contributed by atoms with Gasteiger partial charge < -0.3 is 4.74 Å². The van der Waals surface area contributed by atoms with E-state index < -0.39 is 4.92 Å². The van der Waals surface area contributed by atoms with Crippen LogP contribution in [0.25, 0.3) is 0 Å². The molecular formula is C15H13ClN2O5S. The Morgan fingerprint density at radius 1 is 1.38 bits per heavy atom. The van der Waals surface area contributed by atoms with E-state index in [1.165, 1.54) is 20.1 Å². The molecule has 0 spiro atoms. The quantitative estimate of drug-likeness (QED) is 0.422. The normalized spacial score (nSPS) is 10.5. The summed E-state index contributed by atoms with van der Waals surface area (Å²) in [6, 6.07) is 3.00. The van der Waals surface area contributed by atoms with Crippen LogP contribution < -0.4 is 4.74 Å². The summed E-state index contributed by atoms with van der Waals surface area (Å²) in [5, 5.41) is 11.2. The van der Waals surface area contributed by atoms with Crippen molar-refractivity contribution >= 4 is 39.5 Å². The number of ketones is 2. The van der Waals surface area contributed by atoms with Gasteiger partial charge in [-0.05, 0) is 36.0 Å². The summed E-state index contributed by atoms with van der Waals surface area (Å²) in [6.07, 6.45) is 1.16. The molecule has 0 bridgehead atoms. The highest BCUT2D eigenvalue weighted by Crippen LogP contribution is 2.30. The molecule has 0 aliphatic heterocycles. The lowest BCUT2D eigenvalue weighted by atomic mass is 10.0. The first-order valence-electron chi connectivity index (χ1n) is 6.80. The summed E-state index contributed by atoms with van der Waals surface area (Å²) in [6.45, 7) is 1.44. The van der Waals surface area contributed by atoms with Crippen LogP contribution in [0.4, 0.5) is 5.00 Å². The lowest BCUT2D eigenvalue weighted by molar-refractivity contribution is -0.380. The van der Waals surface area contributed by atoms with Crippen LogP contribution in [-0.2, 0) is 17.6 Å². The average Bonchev–Trinajstić information content (AvgIpc) is 2.97. The fourth-order valence-electron chi connectivity index (χ4n) is 2.09. The van der Waals surface area contributed by atoms with E-state index in [2.05, 4.69) is 4.98 Å². The molecule has 0 saturated heterocycles. The maximum absolute atomic E-state index is 12.4. The molecule has 0 aliphatic carbocycles. The van der Waals surface area contributed by atoms with E-state index in [1.54, 1.807) is 6.07 Å². The van der Waals surface area contributed by atoms with Gasteiger partial charge in [-0.2, -0.15) is 0 Å². The minimum Gasteiger partial charge on any atom is -0.496 e. The summed E-state index contributed by atoms with van der Waals surface area (Å²) in [5.41, 5.74) is 0.815. The summed E-state index contributed by atoms with van der Waals surface area (Å²) >= 11 is 6.98. The zero-order valence-corrected chi connectivity index (χ0v) is 14.4. The Hall–Kier alpha value is -2.32. The first-order valence-corrected chi connectivity index (χ1v) is 7.99. The van der Waals surface area contributed by atoms with Crippen molar-refractivity contribution < 1.29 is 19.2 Å². The third-order valence-electron chi connectivity index (χ3n) is 3.14.